The number of anilines is 1. The lowest BCUT2D eigenvalue weighted by Gasteiger charge is -2.22. The zero-order valence-corrected chi connectivity index (χ0v) is 18.7. The summed E-state index contributed by atoms with van der Waals surface area (Å²) < 4.78 is 6.27. The quantitative estimate of drug-likeness (QED) is 0.370. The number of nitrogens with one attached hydrogen (secondary N) is 1. The molecule has 2 aromatic heterocycles. The van der Waals surface area contributed by atoms with Gasteiger partial charge in [0.2, 0.25) is 0 Å². The fourth-order valence-electron chi connectivity index (χ4n) is 3.25. The number of aromatic nitrogens is 1. The molecule has 4 aromatic rings. The molecule has 160 valence electrons. The van der Waals surface area contributed by atoms with Gasteiger partial charge in [-0.2, -0.15) is 0 Å². The molecule has 0 aliphatic rings. The molecule has 0 spiro atoms. The predicted octanol–water partition coefficient (Wildman–Crippen LogP) is 5.53. The van der Waals surface area contributed by atoms with Gasteiger partial charge in [-0.3, -0.25) is 14.6 Å². The Hall–Kier alpha value is -3.71. The van der Waals surface area contributed by atoms with E-state index in [9.17, 15) is 9.59 Å². The SMILES string of the molecule is O=C(Nc1cccc(C(=O)N(Cc2cccnc2)Cc2ccco2)c1)c1cccc(Br)c1. The van der Waals surface area contributed by atoms with Gasteiger partial charge in [-0.05, 0) is 60.2 Å². The van der Waals surface area contributed by atoms with Crippen LogP contribution in [0.2, 0.25) is 0 Å². The number of hydrogen-bond acceptors (Lipinski definition) is 4. The second-order valence-corrected chi connectivity index (χ2v) is 8.06. The lowest BCUT2D eigenvalue weighted by Crippen LogP contribution is -2.30. The number of nitrogens with zero attached hydrogens (tertiary/aromatic N) is 2. The standard InChI is InChI=1S/C25H20BrN3O3/c26-21-8-1-6-19(13-21)24(30)28-22-9-2-7-20(14-22)25(31)29(17-23-10-4-12-32-23)16-18-5-3-11-27-15-18/h1-15H,16-17H2,(H,28,30). The first-order valence-corrected chi connectivity index (χ1v) is 10.8. The van der Waals surface area contributed by atoms with E-state index in [1.54, 1.807) is 72.1 Å². The van der Waals surface area contributed by atoms with Crippen LogP contribution in [0.4, 0.5) is 5.69 Å². The van der Waals surface area contributed by atoms with Crippen molar-refractivity contribution in [2.24, 2.45) is 0 Å². The first-order valence-electron chi connectivity index (χ1n) is 9.96. The van der Waals surface area contributed by atoms with Gasteiger partial charge in [-0.15, -0.1) is 0 Å². The summed E-state index contributed by atoms with van der Waals surface area (Å²) in [4.78, 5) is 31.8. The molecule has 2 amide bonds. The van der Waals surface area contributed by atoms with Crippen molar-refractivity contribution in [3.63, 3.8) is 0 Å². The van der Waals surface area contributed by atoms with Crippen molar-refractivity contribution >= 4 is 33.4 Å². The highest BCUT2D eigenvalue weighted by Gasteiger charge is 2.19. The Labute approximate surface area is 194 Å². The minimum absolute atomic E-state index is 0.177. The van der Waals surface area contributed by atoms with Crippen molar-refractivity contribution in [1.82, 2.24) is 9.88 Å². The van der Waals surface area contributed by atoms with Gasteiger partial charge in [0, 0.05) is 40.2 Å². The molecular formula is C25H20BrN3O3. The fraction of sp³-hybridized carbons (Fsp3) is 0.0800. The van der Waals surface area contributed by atoms with Crippen LogP contribution in [0.5, 0.6) is 0 Å². The third kappa shape index (κ3) is 5.50. The topological polar surface area (TPSA) is 75.4 Å². The summed E-state index contributed by atoms with van der Waals surface area (Å²) in [6, 6.07) is 21.4. The van der Waals surface area contributed by atoms with Crippen LogP contribution in [0.25, 0.3) is 0 Å². The minimum atomic E-state index is -0.251. The molecule has 0 saturated heterocycles. The minimum Gasteiger partial charge on any atom is -0.467 e. The largest absolute Gasteiger partial charge is 0.467 e. The molecule has 6 nitrogen and oxygen atoms in total. The molecule has 7 heteroatoms. The summed E-state index contributed by atoms with van der Waals surface area (Å²) >= 11 is 3.37. The summed E-state index contributed by atoms with van der Waals surface area (Å²) in [6.07, 6.45) is 5.01. The lowest BCUT2D eigenvalue weighted by molar-refractivity contribution is 0.0717. The highest BCUT2D eigenvalue weighted by atomic mass is 79.9. The van der Waals surface area contributed by atoms with Crippen LogP contribution in [0, 0.1) is 0 Å². The van der Waals surface area contributed by atoms with Crippen LogP contribution in [-0.4, -0.2) is 21.7 Å². The van der Waals surface area contributed by atoms with Crippen molar-refractivity contribution < 1.29 is 14.0 Å². The Kier molecular flexibility index (Phi) is 6.77. The number of amides is 2. The zero-order chi connectivity index (χ0) is 22.3. The van der Waals surface area contributed by atoms with Gasteiger partial charge in [0.1, 0.15) is 5.76 Å². The van der Waals surface area contributed by atoms with E-state index in [1.165, 1.54) is 0 Å². The maximum absolute atomic E-state index is 13.4. The van der Waals surface area contributed by atoms with Crippen molar-refractivity contribution in [1.29, 1.82) is 0 Å². The number of carbonyl (C=O) groups is 2. The van der Waals surface area contributed by atoms with Gasteiger partial charge < -0.3 is 14.6 Å². The molecule has 0 fully saturated rings. The average Bonchev–Trinajstić information content (AvgIpc) is 3.32. The maximum Gasteiger partial charge on any atom is 0.255 e. The maximum atomic E-state index is 13.4. The summed E-state index contributed by atoms with van der Waals surface area (Å²) in [6.45, 7) is 0.692. The van der Waals surface area contributed by atoms with Crippen LogP contribution in [0.3, 0.4) is 0 Å². The predicted molar refractivity (Wildman–Crippen MR) is 125 cm³/mol. The van der Waals surface area contributed by atoms with Crippen molar-refractivity contribution in [2.75, 3.05) is 5.32 Å². The molecular weight excluding hydrogens is 470 g/mol. The van der Waals surface area contributed by atoms with Crippen molar-refractivity contribution in [3.05, 3.63) is 118 Å². The normalized spacial score (nSPS) is 10.5. The molecule has 0 radical (unpaired) electrons. The molecule has 32 heavy (non-hydrogen) atoms. The molecule has 0 aliphatic heterocycles. The highest BCUT2D eigenvalue weighted by molar-refractivity contribution is 9.10. The number of benzene rings is 2. The Morgan fingerprint density at radius 2 is 1.78 bits per heavy atom. The second-order valence-electron chi connectivity index (χ2n) is 7.15. The lowest BCUT2D eigenvalue weighted by atomic mass is 10.1. The van der Waals surface area contributed by atoms with Crippen LogP contribution in [-0.2, 0) is 13.1 Å². The number of hydrogen-bond donors (Lipinski definition) is 1. The van der Waals surface area contributed by atoms with E-state index >= 15 is 0 Å². The molecule has 2 heterocycles. The van der Waals surface area contributed by atoms with Gasteiger partial charge in [0.05, 0.1) is 12.8 Å². The van der Waals surface area contributed by atoms with Crippen LogP contribution >= 0.6 is 15.9 Å². The van der Waals surface area contributed by atoms with Crippen LogP contribution in [0.15, 0.2) is 100 Å². The van der Waals surface area contributed by atoms with Gasteiger partial charge in [-0.1, -0.05) is 34.1 Å². The number of halogens is 1. The Bertz CT molecular complexity index is 1210. The van der Waals surface area contributed by atoms with Crippen molar-refractivity contribution in [2.45, 2.75) is 13.1 Å². The molecule has 0 saturated carbocycles. The summed E-state index contributed by atoms with van der Waals surface area (Å²) in [5.74, 6) is 0.254. The molecule has 4 rings (SSSR count). The Morgan fingerprint density at radius 1 is 0.938 bits per heavy atom. The summed E-state index contributed by atoms with van der Waals surface area (Å²) in [5.41, 5.74) is 2.44. The van der Waals surface area contributed by atoms with Gasteiger partial charge in [-0.25, -0.2) is 0 Å². The van der Waals surface area contributed by atoms with Gasteiger partial charge >= 0.3 is 0 Å². The number of rotatable bonds is 7. The second kappa shape index (κ2) is 10.1. The van der Waals surface area contributed by atoms with Crippen molar-refractivity contribution in [3.8, 4) is 0 Å². The molecule has 1 N–H and O–H groups in total. The van der Waals surface area contributed by atoms with E-state index in [2.05, 4.69) is 26.2 Å². The smallest absolute Gasteiger partial charge is 0.255 e. The van der Waals surface area contributed by atoms with Gasteiger partial charge in [0.15, 0.2) is 0 Å². The van der Waals surface area contributed by atoms with E-state index in [0.29, 0.717) is 35.7 Å². The molecule has 0 atom stereocenters. The first-order chi connectivity index (χ1) is 15.6. The molecule has 0 unspecified atom stereocenters. The number of furan rings is 1. The van der Waals surface area contributed by atoms with Crippen LogP contribution < -0.4 is 5.32 Å². The third-order valence-electron chi connectivity index (χ3n) is 4.76. The zero-order valence-electron chi connectivity index (χ0n) is 17.1. The van der Waals surface area contributed by atoms with E-state index in [4.69, 9.17) is 4.42 Å². The van der Waals surface area contributed by atoms with E-state index < -0.39 is 0 Å². The highest BCUT2D eigenvalue weighted by Crippen LogP contribution is 2.19. The first kappa shape index (κ1) is 21.5. The third-order valence-corrected chi connectivity index (χ3v) is 5.26. The number of pyridine rings is 1. The van der Waals surface area contributed by atoms with Crippen LogP contribution in [0.1, 0.15) is 32.0 Å². The molecule has 0 bridgehead atoms. The monoisotopic (exact) mass is 489 g/mol. The Morgan fingerprint density at radius 3 is 2.53 bits per heavy atom. The summed E-state index contributed by atoms with van der Waals surface area (Å²) in [5, 5.41) is 2.86. The van der Waals surface area contributed by atoms with E-state index in [0.717, 1.165) is 10.0 Å². The summed E-state index contributed by atoms with van der Waals surface area (Å²) in [7, 11) is 0. The molecule has 2 aromatic carbocycles. The average molecular weight is 490 g/mol. The van der Waals surface area contributed by atoms with E-state index in [-0.39, 0.29) is 11.8 Å². The Balaban J connectivity index is 1.54. The molecule has 0 aliphatic carbocycles. The van der Waals surface area contributed by atoms with E-state index in [1.807, 2.05) is 24.3 Å². The van der Waals surface area contributed by atoms with Gasteiger partial charge in [0.25, 0.3) is 11.8 Å². The fourth-order valence-corrected chi connectivity index (χ4v) is 3.65. The number of carbonyl (C=O) groups excluding carboxylic acids is 2.